The molecule has 1 aliphatic rings. The number of hydrogen-bond acceptors (Lipinski definition) is 3. The Balaban J connectivity index is 1.49. The first-order chi connectivity index (χ1) is 13.5. The number of aryl methyl sites for hydroxylation is 2. The summed E-state index contributed by atoms with van der Waals surface area (Å²) in [7, 11) is 0. The van der Waals surface area contributed by atoms with Crippen LogP contribution in [0.15, 0.2) is 48.5 Å². The Labute approximate surface area is 167 Å². The number of nitrogens with one attached hydrogen (secondary N) is 1. The zero-order valence-corrected chi connectivity index (χ0v) is 16.8. The maximum atomic E-state index is 12.8. The third-order valence-electron chi connectivity index (χ3n) is 5.25. The highest BCUT2D eigenvalue weighted by Gasteiger charge is 2.21. The molecule has 28 heavy (non-hydrogen) atoms. The van der Waals surface area contributed by atoms with Gasteiger partial charge >= 0.3 is 0 Å². The number of hydrogen-bond donors (Lipinski definition) is 1. The van der Waals surface area contributed by atoms with Crippen LogP contribution in [0.1, 0.15) is 33.5 Å². The monoisotopic (exact) mass is 379 g/mol. The topological polar surface area (TPSA) is 52.7 Å². The molecule has 0 aromatic heterocycles. The molecule has 0 saturated carbocycles. The van der Waals surface area contributed by atoms with Crippen molar-refractivity contribution in [3.63, 3.8) is 0 Å². The lowest BCUT2D eigenvalue weighted by molar-refractivity contribution is -0.122. The van der Waals surface area contributed by atoms with E-state index in [2.05, 4.69) is 23.2 Å². The first kappa shape index (κ1) is 20.1. The largest absolute Gasteiger partial charge is 0.351 e. The summed E-state index contributed by atoms with van der Waals surface area (Å²) in [5.41, 5.74) is 4.15. The lowest BCUT2D eigenvalue weighted by Gasteiger charge is -2.22. The predicted octanol–water partition coefficient (Wildman–Crippen LogP) is 2.77. The molecule has 1 heterocycles. The molecule has 0 bridgehead atoms. The normalized spacial score (nSPS) is 15.1. The van der Waals surface area contributed by atoms with Crippen molar-refractivity contribution in [3.8, 4) is 0 Å². The van der Waals surface area contributed by atoms with Crippen molar-refractivity contribution in [1.29, 1.82) is 0 Å². The van der Waals surface area contributed by atoms with Gasteiger partial charge in [-0.25, -0.2) is 0 Å². The summed E-state index contributed by atoms with van der Waals surface area (Å²) in [6.07, 6.45) is 0.878. The highest BCUT2D eigenvalue weighted by molar-refractivity contribution is 5.94. The molecule has 0 aliphatic carbocycles. The summed E-state index contributed by atoms with van der Waals surface area (Å²) < 4.78 is 0. The molecule has 1 aliphatic heterocycles. The highest BCUT2D eigenvalue weighted by atomic mass is 16.2. The van der Waals surface area contributed by atoms with Gasteiger partial charge in [-0.2, -0.15) is 0 Å². The maximum Gasteiger partial charge on any atom is 0.253 e. The van der Waals surface area contributed by atoms with Crippen LogP contribution in [0.4, 0.5) is 0 Å². The van der Waals surface area contributed by atoms with Crippen LogP contribution < -0.4 is 5.32 Å². The van der Waals surface area contributed by atoms with Gasteiger partial charge < -0.3 is 10.2 Å². The zero-order valence-electron chi connectivity index (χ0n) is 16.8. The van der Waals surface area contributed by atoms with Crippen molar-refractivity contribution in [2.24, 2.45) is 0 Å². The van der Waals surface area contributed by atoms with Gasteiger partial charge in [0, 0.05) is 38.3 Å². The van der Waals surface area contributed by atoms with Crippen LogP contribution in [-0.4, -0.2) is 54.3 Å². The van der Waals surface area contributed by atoms with Crippen molar-refractivity contribution in [3.05, 3.63) is 70.8 Å². The Morgan fingerprint density at radius 3 is 2.57 bits per heavy atom. The Bertz CT molecular complexity index is 834. The van der Waals surface area contributed by atoms with Crippen molar-refractivity contribution in [2.75, 3.05) is 32.7 Å². The number of carbonyl (C=O) groups is 2. The second kappa shape index (κ2) is 9.51. The SMILES string of the molecule is Cc1cccc(C(=O)N2CCCN(CC(=O)NCc3ccccc3C)CC2)c1. The molecule has 3 rings (SSSR count). The molecule has 5 heteroatoms. The second-order valence-electron chi connectivity index (χ2n) is 7.49. The van der Waals surface area contributed by atoms with Crippen molar-refractivity contribution in [2.45, 2.75) is 26.8 Å². The van der Waals surface area contributed by atoms with E-state index >= 15 is 0 Å². The van der Waals surface area contributed by atoms with Crippen LogP contribution in [0.25, 0.3) is 0 Å². The van der Waals surface area contributed by atoms with Crippen molar-refractivity contribution in [1.82, 2.24) is 15.1 Å². The predicted molar refractivity (Wildman–Crippen MR) is 111 cm³/mol. The maximum absolute atomic E-state index is 12.8. The first-order valence-corrected chi connectivity index (χ1v) is 9.92. The summed E-state index contributed by atoms with van der Waals surface area (Å²) in [5.74, 6) is 0.108. The fourth-order valence-corrected chi connectivity index (χ4v) is 3.55. The fraction of sp³-hybridized carbons (Fsp3) is 0.391. The van der Waals surface area contributed by atoms with Gasteiger partial charge in [0.05, 0.1) is 6.54 Å². The van der Waals surface area contributed by atoms with Crippen LogP contribution in [0.2, 0.25) is 0 Å². The Morgan fingerprint density at radius 2 is 1.79 bits per heavy atom. The average Bonchev–Trinajstić information content (AvgIpc) is 2.92. The molecule has 1 fully saturated rings. The third-order valence-corrected chi connectivity index (χ3v) is 5.25. The number of carbonyl (C=O) groups excluding carboxylic acids is 2. The smallest absolute Gasteiger partial charge is 0.253 e. The molecule has 0 unspecified atom stereocenters. The lowest BCUT2D eigenvalue weighted by Crippen LogP contribution is -2.40. The third kappa shape index (κ3) is 5.42. The number of amides is 2. The standard InChI is InChI=1S/C23H29N3O2/c1-18-7-5-10-20(15-18)23(28)26-12-6-11-25(13-14-26)17-22(27)24-16-21-9-4-3-8-19(21)2/h3-5,7-10,15H,6,11-14,16-17H2,1-2H3,(H,24,27). The Morgan fingerprint density at radius 1 is 0.964 bits per heavy atom. The van der Waals surface area contributed by atoms with Crippen LogP contribution in [0.5, 0.6) is 0 Å². The van der Waals surface area contributed by atoms with Gasteiger partial charge in [-0.3, -0.25) is 14.5 Å². The Kier molecular flexibility index (Phi) is 6.82. The van der Waals surface area contributed by atoms with Crippen LogP contribution >= 0.6 is 0 Å². The van der Waals surface area contributed by atoms with E-state index in [1.807, 2.05) is 54.3 Å². The van der Waals surface area contributed by atoms with Gasteiger partial charge in [-0.1, -0.05) is 42.0 Å². The van der Waals surface area contributed by atoms with E-state index in [1.165, 1.54) is 5.56 Å². The minimum absolute atomic E-state index is 0.0294. The van der Waals surface area contributed by atoms with E-state index in [0.29, 0.717) is 19.6 Å². The molecular formula is C23H29N3O2. The summed E-state index contributed by atoms with van der Waals surface area (Å²) in [5, 5.41) is 3.01. The molecule has 2 amide bonds. The van der Waals surface area contributed by atoms with Gasteiger partial charge in [-0.15, -0.1) is 0 Å². The molecule has 1 saturated heterocycles. The fourth-order valence-electron chi connectivity index (χ4n) is 3.55. The van der Waals surface area contributed by atoms with Crippen LogP contribution in [-0.2, 0) is 11.3 Å². The molecule has 1 N–H and O–H groups in total. The van der Waals surface area contributed by atoms with E-state index in [4.69, 9.17) is 0 Å². The average molecular weight is 380 g/mol. The second-order valence-corrected chi connectivity index (χ2v) is 7.49. The molecule has 0 spiro atoms. The zero-order chi connectivity index (χ0) is 19.9. The van der Waals surface area contributed by atoms with Gasteiger partial charge in [0.25, 0.3) is 5.91 Å². The number of benzene rings is 2. The quantitative estimate of drug-likeness (QED) is 0.869. The van der Waals surface area contributed by atoms with Gasteiger partial charge in [0.2, 0.25) is 5.91 Å². The van der Waals surface area contributed by atoms with E-state index in [0.717, 1.165) is 42.7 Å². The molecule has 0 radical (unpaired) electrons. The molecule has 148 valence electrons. The van der Waals surface area contributed by atoms with E-state index in [9.17, 15) is 9.59 Å². The molecule has 5 nitrogen and oxygen atoms in total. The molecular weight excluding hydrogens is 350 g/mol. The van der Waals surface area contributed by atoms with Gasteiger partial charge in [0.1, 0.15) is 0 Å². The highest BCUT2D eigenvalue weighted by Crippen LogP contribution is 2.11. The molecule has 2 aromatic rings. The number of nitrogens with zero attached hydrogens (tertiary/aromatic N) is 2. The van der Waals surface area contributed by atoms with Crippen molar-refractivity contribution < 1.29 is 9.59 Å². The lowest BCUT2D eigenvalue weighted by atomic mass is 10.1. The van der Waals surface area contributed by atoms with E-state index < -0.39 is 0 Å². The van der Waals surface area contributed by atoms with Crippen LogP contribution in [0.3, 0.4) is 0 Å². The summed E-state index contributed by atoms with van der Waals surface area (Å²) in [6.45, 7) is 7.90. The van der Waals surface area contributed by atoms with E-state index in [-0.39, 0.29) is 11.8 Å². The molecule has 0 atom stereocenters. The minimum atomic E-state index is 0.0294. The van der Waals surface area contributed by atoms with Crippen LogP contribution in [0, 0.1) is 13.8 Å². The van der Waals surface area contributed by atoms with Gasteiger partial charge in [-0.05, 0) is 43.5 Å². The first-order valence-electron chi connectivity index (χ1n) is 9.92. The minimum Gasteiger partial charge on any atom is -0.351 e. The van der Waals surface area contributed by atoms with Gasteiger partial charge in [0.15, 0.2) is 0 Å². The van der Waals surface area contributed by atoms with E-state index in [1.54, 1.807) is 0 Å². The summed E-state index contributed by atoms with van der Waals surface area (Å²) >= 11 is 0. The summed E-state index contributed by atoms with van der Waals surface area (Å²) in [4.78, 5) is 29.1. The number of rotatable bonds is 5. The molecule has 2 aromatic carbocycles. The Hall–Kier alpha value is -2.66. The van der Waals surface area contributed by atoms with Crippen molar-refractivity contribution >= 4 is 11.8 Å². The summed E-state index contributed by atoms with van der Waals surface area (Å²) in [6, 6.07) is 15.8.